The third kappa shape index (κ3) is 4.21. The molecule has 1 aliphatic rings. The van der Waals surface area contributed by atoms with Crippen molar-refractivity contribution in [3.63, 3.8) is 0 Å². The van der Waals surface area contributed by atoms with Crippen molar-refractivity contribution in [2.24, 2.45) is 0 Å². The molecule has 1 aliphatic carbocycles. The summed E-state index contributed by atoms with van der Waals surface area (Å²) in [6.45, 7) is 10.4. The lowest BCUT2D eigenvalue weighted by molar-refractivity contribution is -0.113. The predicted molar refractivity (Wildman–Crippen MR) is 131 cm³/mol. The summed E-state index contributed by atoms with van der Waals surface area (Å²) < 4.78 is 1.64. The molecule has 0 aliphatic heterocycles. The lowest BCUT2D eigenvalue weighted by Gasteiger charge is -2.16. The second-order valence-electron chi connectivity index (χ2n) is 8.17. The van der Waals surface area contributed by atoms with Crippen LogP contribution < -0.4 is 10.9 Å². The standard InChI is InChI=1S/C24H27N3O2S2/c1-5-12-27-23(29)20-17-10-7-11-18(17)31-22(20)26-24(27)30-13-19(28)25-21-15(4)8-6-9-16(21)14(2)3/h5-6,8-9,14H,1,7,10-13H2,2-4H3,(H,25,28). The highest BCUT2D eigenvalue weighted by Crippen LogP contribution is 2.35. The number of hydrogen-bond donors (Lipinski definition) is 1. The Bertz CT molecular complexity index is 1220. The Kier molecular flexibility index (Phi) is 6.34. The van der Waals surface area contributed by atoms with Gasteiger partial charge in [0.25, 0.3) is 5.56 Å². The van der Waals surface area contributed by atoms with E-state index in [1.54, 1.807) is 22.0 Å². The van der Waals surface area contributed by atoms with Crippen LogP contribution in [-0.4, -0.2) is 21.2 Å². The molecule has 0 saturated carbocycles. The van der Waals surface area contributed by atoms with E-state index in [0.29, 0.717) is 17.6 Å². The first-order valence-electron chi connectivity index (χ1n) is 10.6. The molecule has 0 bridgehead atoms. The third-order valence-electron chi connectivity index (χ3n) is 5.63. The maximum Gasteiger partial charge on any atom is 0.263 e. The molecule has 5 nitrogen and oxygen atoms in total. The normalized spacial score (nSPS) is 13.0. The Morgan fingerprint density at radius 1 is 1.39 bits per heavy atom. The van der Waals surface area contributed by atoms with Crippen molar-refractivity contribution in [1.29, 1.82) is 0 Å². The molecule has 0 atom stereocenters. The number of carbonyl (C=O) groups excluding carboxylic acids is 1. The minimum Gasteiger partial charge on any atom is -0.325 e. The second-order valence-corrected chi connectivity index (χ2v) is 10.2. The Balaban J connectivity index is 1.59. The van der Waals surface area contributed by atoms with Crippen LogP contribution in [0.3, 0.4) is 0 Å². The van der Waals surface area contributed by atoms with Gasteiger partial charge >= 0.3 is 0 Å². The van der Waals surface area contributed by atoms with Crippen LogP contribution in [0.25, 0.3) is 10.2 Å². The van der Waals surface area contributed by atoms with Crippen LogP contribution in [0.2, 0.25) is 0 Å². The van der Waals surface area contributed by atoms with E-state index in [4.69, 9.17) is 4.98 Å². The lowest BCUT2D eigenvalue weighted by Crippen LogP contribution is -2.24. The van der Waals surface area contributed by atoms with Gasteiger partial charge in [-0.1, -0.05) is 49.9 Å². The molecule has 31 heavy (non-hydrogen) atoms. The maximum absolute atomic E-state index is 13.2. The first-order chi connectivity index (χ1) is 14.9. The van der Waals surface area contributed by atoms with Crippen LogP contribution >= 0.6 is 23.1 Å². The van der Waals surface area contributed by atoms with Gasteiger partial charge in [0.2, 0.25) is 5.91 Å². The minimum atomic E-state index is -0.102. The molecule has 1 aromatic carbocycles. The van der Waals surface area contributed by atoms with Gasteiger partial charge in [-0.2, -0.15) is 0 Å². The molecule has 162 valence electrons. The van der Waals surface area contributed by atoms with Gasteiger partial charge in [0.1, 0.15) is 4.83 Å². The summed E-state index contributed by atoms with van der Waals surface area (Å²) in [7, 11) is 0. The number of amides is 1. The fraction of sp³-hybridized carbons (Fsp3) is 0.375. The number of nitrogens with one attached hydrogen (secondary N) is 1. The molecule has 0 spiro atoms. The van der Waals surface area contributed by atoms with Crippen molar-refractivity contribution in [3.8, 4) is 0 Å². The van der Waals surface area contributed by atoms with Crippen molar-refractivity contribution in [2.75, 3.05) is 11.1 Å². The van der Waals surface area contributed by atoms with E-state index in [-0.39, 0.29) is 17.2 Å². The first-order valence-corrected chi connectivity index (χ1v) is 12.4. The van der Waals surface area contributed by atoms with Crippen LogP contribution in [0.15, 0.2) is 40.8 Å². The van der Waals surface area contributed by atoms with E-state index in [1.807, 2.05) is 25.1 Å². The summed E-state index contributed by atoms with van der Waals surface area (Å²) in [5, 5.41) is 4.40. The molecule has 7 heteroatoms. The quantitative estimate of drug-likeness (QED) is 0.300. The number of carbonyl (C=O) groups is 1. The van der Waals surface area contributed by atoms with Crippen LogP contribution in [0, 0.1) is 6.92 Å². The smallest absolute Gasteiger partial charge is 0.263 e. The Hall–Kier alpha value is -2.38. The monoisotopic (exact) mass is 453 g/mol. The van der Waals surface area contributed by atoms with Gasteiger partial charge in [-0.25, -0.2) is 4.98 Å². The highest BCUT2D eigenvalue weighted by Gasteiger charge is 2.23. The fourth-order valence-corrected chi connectivity index (χ4v) is 6.22. The van der Waals surface area contributed by atoms with Gasteiger partial charge in [0.05, 0.1) is 11.1 Å². The molecule has 0 fully saturated rings. The van der Waals surface area contributed by atoms with Crippen molar-refractivity contribution in [1.82, 2.24) is 9.55 Å². The largest absolute Gasteiger partial charge is 0.325 e. The number of hydrogen-bond acceptors (Lipinski definition) is 5. The number of para-hydroxylation sites is 1. The summed E-state index contributed by atoms with van der Waals surface area (Å²) in [6.07, 6.45) is 4.78. The van der Waals surface area contributed by atoms with Crippen molar-refractivity contribution < 1.29 is 4.79 Å². The van der Waals surface area contributed by atoms with Crippen LogP contribution in [0.1, 0.15) is 47.8 Å². The number of thioether (sulfide) groups is 1. The van der Waals surface area contributed by atoms with Crippen LogP contribution in [0.5, 0.6) is 0 Å². The van der Waals surface area contributed by atoms with E-state index in [9.17, 15) is 9.59 Å². The number of aromatic nitrogens is 2. The zero-order valence-corrected chi connectivity index (χ0v) is 19.8. The Labute approximate surface area is 190 Å². The number of rotatable bonds is 7. The van der Waals surface area contributed by atoms with Gasteiger partial charge < -0.3 is 5.32 Å². The van der Waals surface area contributed by atoms with Gasteiger partial charge in [-0.05, 0) is 48.8 Å². The second kappa shape index (κ2) is 9.01. The average molecular weight is 454 g/mol. The molecular formula is C24H27N3O2S2. The van der Waals surface area contributed by atoms with Crippen molar-refractivity contribution in [3.05, 3.63) is 62.8 Å². The summed E-state index contributed by atoms with van der Waals surface area (Å²) in [4.78, 5) is 32.9. The summed E-state index contributed by atoms with van der Waals surface area (Å²) in [5.74, 6) is 0.395. The van der Waals surface area contributed by atoms with Gasteiger partial charge in [-0.3, -0.25) is 14.2 Å². The molecular weight excluding hydrogens is 426 g/mol. The SMILES string of the molecule is C=CCn1c(SCC(=O)Nc2c(C)cccc2C(C)C)nc2sc3c(c2c1=O)CCC3. The minimum absolute atomic E-state index is 0.0202. The first kappa shape index (κ1) is 21.8. The molecule has 4 rings (SSSR count). The molecule has 2 aromatic heterocycles. The molecule has 1 amide bonds. The molecule has 0 radical (unpaired) electrons. The molecule has 3 aromatic rings. The van der Waals surface area contributed by atoms with Crippen molar-refractivity contribution in [2.45, 2.75) is 57.7 Å². The lowest BCUT2D eigenvalue weighted by atomic mass is 9.98. The number of fused-ring (bicyclic) bond motifs is 3. The number of anilines is 1. The van der Waals surface area contributed by atoms with Gasteiger partial charge in [0.15, 0.2) is 5.16 Å². The fourth-order valence-electron chi connectivity index (χ4n) is 4.11. The summed E-state index contributed by atoms with van der Waals surface area (Å²) >= 11 is 2.92. The van der Waals surface area contributed by atoms with E-state index in [0.717, 1.165) is 46.3 Å². The van der Waals surface area contributed by atoms with E-state index < -0.39 is 0 Å². The molecule has 1 N–H and O–H groups in total. The molecule has 0 unspecified atom stereocenters. The number of aryl methyl sites for hydroxylation is 3. The summed E-state index contributed by atoms with van der Waals surface area (Å²) in [6, 6.07) is 6.07. The zero-order valence-electron chi connectivity index (χ0n) is 18.2. The van der Waals surface area contributed by atoms with Gasteiger partial charge in [0, 0.05) is 17.1 Å². The number of thiophene rings is 1. The van der Waals surface area contributed by atoms with Crippen LogP contribution in [-0.2, 0) is 24.2 Å². The molecule has 2 heterocycles. The van der Waals surface area contributed by atoms with E-state index >= 15 is 0 Å². The van der Waals surface area contributed by atoms with Gasteiger partial charge in [-0.15, -0.1) is 17.9 Å². The summed E-state index contributed by atoms with van der Waals surface area (Å²) in [5.41, 5.74) is 4.19. The maximum atomic E-state index is 13.2. The average Bonchev–Trinajstić information content (AvgIpc) is 3.31. The Morgan fingerprint density at radius 3 is 2.94 bits per heavy atom. The number of allylic oxidation sites excluding steroid dienone is 1. The van der Waals surface area contributed by atoms with E-state index in [1.165, 1.54) is 22.2 Å². The third-order valence-corrected chi connectivity index (χ3v) is 7.79. The van der Waals surface area contributed by atoms with E-state index in [2.05, 4.69) is 25.7 Å². The Morgan fingerprint density at radius 2 is 2.19 bits per heavy atom. The zero-order chi connectivity index (χ0) is 22.1. The number of nitrogens with zero attached hydrogens (tertiary/aromatic N) is 2. The topological polar surface area (TPSA) is 64.0 Å². The van der Waals surface area contributed by atoms with Crippen LogP contribution in [0.4, 0.5) is 5.69 Å². The van der Waals surface area contributed by atoms with Crippen molar-refractivity contribution >= 4 is 44.9 Å². The predicted octanol–water partition coefficient (Wildman–Crippen LogP) is 5.30. The molecule has 0 saturated heterocycles. The highest BCUT2D eigenvalue weighted by atomic mass is 32.2. The number of benzene rings is 1. The highest BCUT2D eigenvalue weighted by molar-refractivity contribution is 7.99.